The van der Waals surface area contributed by atoms with Crippen LogP contribution in [0.15, 0.2) is 29.2 Å². The van der Waals surface area contributed by atoms with Crippen molar-refractivity contribution in [1.29, 1.82) is 0 Å². The van der Waals surface area contributed by atoms with E-state index in [1.165, 1.54) is 0 Å². The number of ether oxygens (including phenoxy) is 1. The van der Waals surface area contributed by atoms with Gasteiger partial charge in [0.1, 0.15) is 5.75 Å². The number of methoxy groups -OCH3 is 1. The minimum absolute atomic E-state index is 0.148. The second-order valence-electron chi connectivity index (χ2n) is 4.35. The SMILES string of the molecule is CCC(CC)NC(=O)CCSc1ccc(OC)cc1. The van der Waals surface area contributed by atoms with Crippen molar-refractivity contribution in [2.45, 2.75) is 44.0 Å². The first-order chi connectivity index (χ1) is 9.19. The summed E-state index contributed by atoms with van der Waals surface area (Å²) in [7, 11) is 1.66. The zero-order chi connectivity index (χ0) is 14.1. The highest BCUT2D eigenvalue weighted by atomic mass is 32.2. The van der Waals surface area contributed by atoms with E-state index in [0.717, 1.165) is 29.2 Å². The van der Waals surface area contributed by atoms with E-state index in [4.69, 9.17) is 4.74 Å². The Morgan fingerprint density at radius 2 is 1.89 bits per heavy atom. The Balaban J connectivity index is 2.27. The van der Waals surface area contributed by atoms with Gasteiger partial charge in [0.2, 0.25) is 5.91 Å². The molecule has 4 heteroatoms. The van der Waals surface area contributed by atoms with E-state index in [0.29, 0.717) is 12.5 Å². The number of nitrogens with one attached hydrogen (secondary N) is 1. The summed E-state index contributed by atoms with van der Waals surface area (Å²) in [5, 5.41) is 3.05. The van der Waals surface area contributed by atoms with E-state index in [1.807, 2.05) is 24.3 Å². The monoisotopic (exact) mass is 281 g/mol. The van der Waals surface area contributed by atoms with Gasteiger partial charge in [0.25, 0.3) is 0 Å². The van der Waals surface area contributed by atoms with Gasteiger partial charge in [-0.2, -0.15) is 0 Å². The summed E-state index contributed by atoms with van der Waals surface area (Å²) in [5.41, 5.74) is 0. The molecule has 0 saturated carbocycles. The van der Waals surface area contributed by atoms with Crippen LogP contribution in [0.25, 0.3) is 0 Å². The number of amides is 1. The van der Waals surface area contributed by atoms with Crippen molar-refractivity contribution in [2.24, 2.45) is 0 Å². The number of hydrogen-bond acceptors (Lipinski definition) is 3. The molecule has 3 nitrogen and oxygen atoms in total. The van der Waals surface area contributed by atoms with E-state index in [-0.39, 0.29) is 5.91 Å². The quantitative estimate of drug-likeness (QED) is 0.741. The minimum atomic E-state index is 0.148. The lowest BCUT2D eigenvalue weighted by atomic mass is 10.2. The second kappa shape index (κ2) is 8.86. The summed E-state index contributed by atoms with van der Waals surface area (Å²) in [4.78, 5) is 12.9. The van der Waals surface area contributed by atoms with Crippen LogP contribution in [0.1, 0.15) is 33.1 Å². The van der Waals surface area contributed by atoms with E-state index in [2.05, 4.69) is 19.2 Å². The Labute approximate surface area is 120 Å². The summed E-state index contributed by atoms with van der Waals surface area (Å²) >= 11 is 1.69. The molecule has 0 radical (unpaired) electrons. The number of rotatable bonds is 8. The van der Waals surface area contributed by atoms with Gasteiger partial charge in [-0.3, -0.25) is 4.79 Å². The average molecular weight is 281 g/mol. The summed E-state index contributed by atoms with van der Waals surface area (Å²) in [6, 6.07) is 8.22. The summed E-state index contributed by atoms with van der Waals surface area (Å²) in [5.74, 6) is 1.81. The summed E-state index contributed by atoms with van der Waals surface area (Å²) < 4.78 is 5.11. The van der Waals surface area contributed by atoms with Crippen molar-refractivity contribution < 1.29 is 9.53 Å². The first-order valence-corrected chi connectivity index (χ1v) is 7.74. The van der Waals surface area contributed by atoms with Crippen molar-refractivity contribution in [2.75, 3.05) is 12.9 Å². The molecule has 0 fully saturated rings. The molecular formula is C15H23NO2S. The van der Waals surface area contributed by atoms with Gasteiger partial charge in [0.15, 0.2) is 0 Å². The Hall–Kier alpha value is -1.16. The highest BCUT2D eigenvalue weighted by molar-refractivity contribution is 7.99. The van der Waals surface area contributed by atoms with Crippen molar-refractivity contribution in [1.82, 2.24) is 5.32 Å². The molecule has 0 aromatic heterocycles. The molecule has 0 aliphatic carbocycles. The molecule has 1 N–H and O–H groups in total. The predicted octanol–water partition coefficient (Wildman–Crippen LogP) is 3.48. The first-order valence-electron chi connectivity index (χ1n) is 6.75. The molecule has 19 heavy (non-hydrogen) atoms. The third-order valence-corrected chi connectivity index (χ3v) is 4.02. The molecule has 0 bridgehead atoms. The van der Waals surface area contributed by atoms with Crippen LogP contribution in [0.3, 0.4) is 0 Å². The topological polar surface area (TPSA) is 38.3 Å². The maximum atomic E-state index is 11.7. The van der Waals surface area contributed by atoms with Gasteiger partial charge < -0.3 is 10.1 Å². The van der Waals surface area contributed by atoms with E-state index in [1.54, 1.807) is 18.9 Å². The normalized spacial score (nSPS) is 10.5. The van der Waals surface area contributed by atoms with Crippen LogP contribution < -0.4 is 10.1 Å². The van der Waals surface area contributed by atoms with Crippen molar-refractivity contribution in [3.05, 3.63) is 24.3 Å². The third-order valence-electron chi connectivity index (χ3n) is 3.01. The van der Waals surface area contributed by atoms with Crippen molar-refractivity contribution in [3.63, 3.8) is 0 Å². The molecule has 0 atom stereocenters. The van der Waals surface area contributed by atoms with E-state index >= 15 is 0 Å². The highest BCUT2D eigenvalue weighted by Crippen LogP contribution is 2.21. The van der Waals surface area contributed by atoms with E-state index < -0.39 is 0 Å². The Bertz CT molecular complexity index is 374. The predicted molar refractivity (Wildman–Crippen MR) is 80.8 cm³/mol. The van der Waals surface area contributed by atoms with E-state index in [9.17, 15) is 4.79 Å². The molecular weight excluding hydrogens is 258 g/mol. The van der Waals surface area contributed by atoms with Crippen molar-refractivity contribution in [3.8, 4) is 5.75 Å². The molecule has 0 unspecified atom stereocenters. The maximum absolute atomic E-state index is 11.7. The lowest BCUT2D eigenvalue weighted by Gasteiger charge is -2.14. The maximum Gasteiger partial charge on any atom is 0.221 e. The Morgan fingerprint density at radius 3 is 2.42 bits per heavy atom. The zero-order valence-corrected chi connectivity index (χ0v) is 12.8. The van der Waals surface area contributed by atoms with Crippen LogP contribution in [0.5, 0.6) is 5.75 Å². The fraction of sp³-hybridized carbons (Fsp3) is 0.533. The smallest absolute Gasteiger partial charge is 0.221 e. The molecule has 1 aromatic carbocycles. The summed E-state index contributed by atoms with van der Waals surface area (Å²) in [6.07, 6.45) is 2.55. The molecule has 1 rings (SSSR count). The molecule has 106 valence electrons. The molecule has 0 aliphatic heterocycles. The summed E-state index contributed by atoms with van der Waals surface area (Å²) in [6.45, 7) is 4.20. The highest BCUT2D eigenvalue weighted by Gasteiger charge is 2.07. The molecule has 0 saturated heterocycles. The fourth-order valence-corrected chi connectivity index (χ4v) is 2.58. The molecule has 1 amide bonds. The van der Waals surface area contributed by atoms with Gasteiger partial charge in [0, 0.05) is 23.1 Å². The van der Waals surface area contributed by atoms with Gasteiger partial charge in [0.05, 0.1) is 7.11 Å². The van der Waals surface area contributed by atoms with Crippen LogP contribution in [-0.4, -0.2) is 24.8 Å². The van der Waals surface area contributed by atoms with Gasteiger partial charge in [-0.05, 0) is 37.1 Å². The zero-order valence-electron chi connectivity index (χ0n) is 11.9. The van der Waals surface area contributed by atoms with Gasteiger partial charge in [-0.15, -0.1) is 11.8 Å². The Kier molecular flexibility index (Phi) is 7.41. The lowest BCUT2D eigenvalue weighted by Crippen LogP contribution is -2.33. The molecule has 0 heterocycles. The number of benzene rings is 1. The van der Waals surface area contributed by atoms with Crippen LogP contribution in [0, 0.1) is 0 Å². The van der Waals surface area contributed by atoms with Crippen LogP contribution in [0.2, 0.25) is 0 Å². The van der Waals surface area contributed by atoms with Crippen LogP contribution in [0.4, 0.5) is 0 Å². The number of carbonyl (C=O) groups excluding carboxylic acids is 1. The van der Waals surface area contributed by atoms with Gasteiger partial charge in [-0.1, -0.05) is 13.8 Å². The fourth-order valence-electron chi connectivity index (χ4n) is 1.73. The molecule has 0 aliphatic rings. The van der Waals surface area contributed by atoms with Crippen LogP contribution >= 0.6 is 11.8 Å². The minimum Gasteiger partial charge on any atom is -0.497 e. The molecule has 0 spiro atoms. The average Bonchev–Trinajstić information content (AvgIpc) is 2.45. The number of hydrogen-bond donors (Lipinski definition) is 1. The number of thioether (sulfide) groups is 1. The van der Waals surface area contributed by atoms with Crippen molar-refractivity contribution >= 4 is 17.7 Å². The van der Waals surface area contributed by atoms with Gasteiger partial charge >= 0.3 is 0 Å². The van der Waals surface area contributed by atoms with Crippen LogP contribution in [-0.2, 0) is 4.79 Å². The Morgan fingerprint density at radius 1 is 1.26 bits per heavy atom. The standard InChI is InChI=1S/C15H23NO2S/c1-4-12(5-2)16-15(17)10-11-19-14-8-6-13(18-3)7-9-14/h6-9,12H,4-5,10-11H2,1-3H3,(H,16,17). The van der Waals surface area contributed by atoms with Gasteiger partial charge in [-0.25, -0.2) is 0 Å². The third kappa shape index (κ3) is 6.01. The lowest BCUT2D eigenvalue weighted by molar-refractivity contribution is -0.121. The second-order valence-corrected chi connectivity index (χ2v) is 5.52. The first kappa shape index (κ1) is 15.9. The molecule has 1 aromatic rings. The largest absolute Gasteiger partial charge is 0.497 e. The number of carbonyl (C=O) groups is 1.